The smallest absolute Gasteiger partial charge is 0.157 e. The summed E-state index contributed by atoms with van der Waals surface area (Å²) in [6.07, 6.45) is 0. The molecular formula is C40H34O8. The Labute approximate surface area is 277 Å². The molecular weight excluding hydrogens is 608 g/mol. The molecule has 0 saturated carbocycles. The lowest BCUT2D eigenvalue weighted by Crippen LogP contribution is -2.25. The molecule has 0 heterocycles. The van der Waals surface area contributed by atoms with Crippen molar-refractivity contribution in [3.05, 3.63) is 155 Å². The van der Waals surface area contributed by atoms with Crippen molar-refractivity contribution in [3.63, 3.8) is 0 Å². The van der Waals surface area contributed by atoms with Crippen molar-refractivity contribution in [2.24, 2.45) is 0 Å². The Balaban J connectivity index is 1.40. The monoisotopic (exact) mass is 642 g/mol. The third kappa shape index (κ3) is 5.33. The SMILES string of the molecule is CC(c1ccc(-c2ccc(C(C)(c3ccc(O)c(O)c3)c3ccc(O)c(O)c3)cc2)cc1)(c1ccc(O)c(O)c1)c1ccc(O)c(O)c1. The number of hydrogen-bond acceptors (Lipinski definition) is 8. The first-order chi connectivity index (χ1) is 22.8. The third-order valence-electron chi connectivity index (χ3n) is 9.47. The molecule has 0 aliphatic rings. The lowest BCUT2D eigenvalue weighted by Gasteiger charge is -2.33. The van der Waals surface area contributed by atoms with Crippen molar-refractivity contribution in [1.82, 2.24) is 0 Å². The molecule has 0 spiro atoms. The molecule has 48 heavy (non-hydrogen) atoms. The number of benzene rings is 6. The Morgan fingerprint density at radius 1 is 0.271 bits per heavy atom. The van der Waals surface area contributed by atoms with E-state index in [1.54, 1.807) is 24.3 Å². The van der Waals surface area contributed by atoms with Gasteiger partial charge < -0.3 is 40.9 Å². The minimum atomic E-state index is -0.897. The second kappa shape index (κ2) is 11.8. The highest BCUT2D eigenvalue weighted by molar-refractivity contribution is 5.67. The fourth-order valence-corrected chi connectivity index (χ4v) is 6.33. The first kappa shape index (κ1) is 31.7. The van der Waals surface area contributed by atoms with Crippen molar-refractivity contribution in [1.29, 1.82) is 0 Å². The molecule has 8 nitrogen and oxygen atoms in total. The summed E-state index contributed by atoms with van der Waals surface area (Å²) in [5, 5.41) is 81.2. The minimum Gasteiger partial charge on any atom is -0.504 e. The van der Waals surface area contributed by atoms with E-state index in [9.17, 15) is 40.9 Å². The van der Waals surface area contributed by atoms with Crippen LogP contribution in [0, 0.1) is 0 Å². The van der Waals surface area contributed by atoms with Gasteiger partial charge in [0.1, 0.15) is 0 Å². The van der Waals surface area contributed by atoms with Gasteiger partial charge in [-0.3, -0.25) is 0 Å². The summed E-state index contributed by atoms with van der Waals surface area (Å²) in [6.45, 7) is 3.86. The molecule has 0 atom stereocenters. The Bertz CT molecular complexity index is 1880. The van der Waals surface area contributed by atoms with Crippen molar-refractivity contribution in [2.45, 2.75) is 24.7 Å². The van der Waals surface area contributed by atoms with Crippen molar-refractivity contribution < 1.29 is 40.9 Å². The van der Waals surface area contributed by atoms with Gasteiger partial charge in [-0.25, -0.2) is 0 Å². The van der Waals surface area contributed by atoms with Gasteiger partial charge in [0.25, 0.3) is 0 Å². The zero-order valence-corrected chi connectivity index (χ0v) is 26.1. The quantitative estimate of drug-likeness (QED) is 0.0649. The van der Waals surface area contributed by atoms with E-state index in [1.807, 2.05) is 62.4 Å². The maximum absolute atomic E-state index is 10.3. The van der Waals surface area contributed by atoms with E-state index in [4.69, 9.17) is 0 Å². The van der Waals surface area contributed by atoms with Crippen LogP contribution < -0.4 is 0 Å². The fourth-order valence-electron chi connectivity index (χ4n) is 6.33. The molecule has 0 saturated heterocycles. The first-order valence-corrected chi connectivity index (χ1v) is 15.1. The summed E-state index contributed by atoms with van der Waals surface area (Å²) in [5.74, 6) is -2.15. The highest BCUT2D eigenvalue weighted by Crippen LogP contribution is 2.46. The lowest BCUT2D eigenvalue weighted by atomic mass is 9.70. The van der Waals surface area contributed by atoms with Crippen LogP contribution in [0.5, 0.6) is 46.0 Å². The van der Waals surface area contributed by atoms with Crippen LogP contribution in [0.1, 0.15) is 47.2 Å². The van der Waals surface area contributed by atoms with Crippen LogP contribution in [0.4, 0.5) is 0 Å². The van der Waals surface area contributed by atoms with Crippen LogP contribution >= 0.6 is 0 Å². The highest BCUT2D eigenvalue weighted by atomic mass is 16.3. The van der Waals surface area contributed by atoms with Gasteiger partial charge in [-0.1, -0.05) is 72.8 Å². The average molecular weight is 643 g/mol. The second-order valence-electron chi connectivity index (χ2n) is 12.2. The largest absolute Gasteiger partial charge is 0.504 e. The van der Waals surface area contributed by atoms with Gasteiger partial charge in [-0.05, 0) is 107 Å². The predicted octanol–water partition coefficient (Wildman–Crippen LogP) is 7.71. The predicted molar refractivity (Wildman–Crippen MR) is 182 cm³/mol. The molecule has 242 valence electrons. The van der Waals surface area contributed by atoms with Crippen LogP contribution in [-0.4, -0.2) is 40.9 Å². The van der Waals surface area contributed by atoms with Crippen LogP contribution in [-0.2, 0) is 10.8 Å². The maximum atomic E-state index is 10.3. The minimum absolute atomic E-state index is 0.256. The zero-order chi connectivity index (χ0) is 34.4. The fraction of sp³-hybridized carbons (Fsp3) is 0.100. The molecule has 8 N–H and O–H groups in total. The summed E-state index contributed by atoms with van der Waals surface area (Å²) < 4.78 is 0. The van der Waals surface area contributed by atoms with Crippen LogP contribution in [0.2, 0.25) is 0 Å². The first-order valence-electron chi connectivity index (χ1n) is 15.1. The van der Waals surface area contributed by atoms with Crippen LogP contribution in [0.15, 0.2) is 121 Å². The molecule has 8 heteroatoms. The zero-order valence-electron chi connectivity index (χ0n) is 26.1. The van der Waals surface area contributed by atoms with Crippen LogP contribution in [0.25, 0.3) is 11.1 Å². The van der Waals surface area contributed by atoms with Gasteiger partial charge in [0.05, 0.1) is 0 Å². The maximum Gasteiger partial charge on any atom is 0.157 e. The van der Waals surface area contributed by atoms with Gasteiger partial charge in [-0.15, -0.1) is 0 Å². The number of phenols is 8. The summed E-state index contributed by atoms with van der Waals surface area (Å²) in [5.41, 5.74) is 4.27. The standard InChI is InChI=1S/C40H34O8/c1-39(27-11-15-31(41)35(45)19-27,28-12-16-32(42)36(46)20-28)25-7-3-23(4-8-25)24-5-9-26(10-6-24)40(2,29-13-17-33(43)37(47)21-29)30-14-18-34(44)38(48)22-30/h3-22,41-48H,1-2H3. The summed E-state index contributed by atoms with van der Waals surface area (Å²) in [7, 11) is 0. The normalized spacial score (nSPS) is 11.8. The van der Waals surface area contributed by atoms with E-state index in [0.29, 0.717) is 22.3 Å². The molecule has 6 rings (SSSR count). The topological polar surface area (TPSA) is 162 Å². The molecule has 0 unspecified atom stereocenters. The summed E-state index contributed by atoms with van der Waals surface area (Å²) >= 11 is 0. The van der Waals surface area contributed by atoms with Gasteiger partial charge in [-0.2, -0.15) is 0 Å². The lowest BCUT2D eigenvalue weighted by molar-refractivity contribution is 0.400. The Hall–Kier alpha value is -6.28. The Kier molecular flexibility index (Phi) is 7.80. The molecule has 0 fully saturated rings. The summed E-state index contributed by atoms with van der Waals surface area (Å²) in [6, 6.07) is 33.9. The van der Waals surface area contributed by atoms with Gasteiger partial charge in [0.15, 0.2) is 46.0 Å². The second-order valence-corrected chi connectivity index (χ2v) is 12.2. The Morgan fingerprint density at radius 3 is 0.688 bits per heavy atom. The molecule has 0 bridgehead atoms. The van der Waals surface area contributed by atoms with Gasteiger partial charge in [0.2, 0.25) is 0 Å². The van der Waals surface area contributed by atoms with E-state index in [0.717, 1.165) is 22.3 Å². The number of hydrogen-bond donors (Lipinski definition) is 8. The van der Waals surface area contributed by atoms with E-state index in [-0.39, 0.29) is 46.0 Å². The number of rotatable bonds is 7. The molecule has 0 amide bonds. The molecule has 6 aromatic rings. The average Bonchev–Trinajstić information content (AvgIpc) is 3.09. The van der Waals surface area contributed by atoms with Crippen molar-refractivity contribution in [2.75, 3.05) is 0 Å². The van der Waals surface area contributed by atoms with Crippen LogP contribution in [0.3, 0.4) is 0 Å². The molecule has 0 aromatic heterocycles. The van der Waals surface area contributed by atoms with Crippen molar-refractivity contribution >= 4 is 0 Å². The van der Waals surface area contributed by atoms with E-state index < -0.39 is 10.8 Å². The molecule has 6 aromatic carbocycles. The van der Waals surface area contributed by atoms with E-state index in [1.165, 1.54) is 48.5 Å². The molecule has 0 aliphatic heterocycles. The van der Waals surface area contributed by atoms with E-state index in [2.05, 4.69) is 0 Å². The van der Waals surface area contributed by atoms with E-state index >= 15 is 0 Å². The Morgan fingerprint density at radius 2 is 0.479 bits per heavy atom. The molecule has 0 radical (unpaired) electrons. The van der Waals surface area contributed by atoms with Gasteiger partial charge >= 0.3 is 0 Å². The highest BCUT2D eigenvalue weighted by Gasteiger charge is 2.34. The number of phenolic OH excluding ortho intramolecular Hbond substituents is 8. The third-order valence-corrected chi connectivity index (χ3v) is 9.47. The number of aromatic hydroxyl groups is 8. The van der Waals surface area contributed by atoms with Gasteiger partial charge in [0, 0.05) is 10.8 Å². The van der Waals surface area contributed by atoms with Crippen molar-refractivity contribution in [3.8, 4) is 57.1 Å². The molecule has 0 aliphatic carbocycles. The summed E-state index contributed by atoms with van der Waals surface area (Å²) in [4.78, 5) is 0.